The monoisotopic (exact) mass is 203 g/mol. The normalized spacial score (nSPS) is 8.11. The van der Waals surface area contributed by atoms with Gasteiger partial charge >= 0.3 is 0 Å². The van der Waals surface area contributed by atoms with Crippen molar-refractivity contribution in [3.8, 4) is 0 Å². The summed E-state index contributed by atoms with van der Waals surface area (Å²) in [5.74, 6) is 0. The van der Waals surface area contributed by atoms with Crippen molar-refractivity contribution in [3.63, 3.8) is 0 Å². The van der Waals surface area contributed by atoms with Crippen molar-refractivity contribution >= 4 is 0 Å². The Morgan fingerprint density at radius 3 is 2.00 bits per heavy atom. The summed E-state index contributed by atoms with van der Waals surface area (Å²) in [7, 11) is 0. The average Bonchev–Trinajstić information content (AvgIpc) is 1.90. The SMILES string of the molecule is [CH2-]Cc1ccccc1.[Mo]. The molecule has 0 saturated heterocycles. The summed E-state index contributed by atoms with van der Waals surface area (Å²) in [6.07, 6.45) is 0.890. The maximum Gasteiger partial charge on any atom is 0 e. The molecule has 0 heterocycles. The fourth-order valence-electron chi connectivity index (χ4n) is 0.645. The molecule has 0 saturated carbocycles. The zero-order chi connectivity index (χ0) is 5.82. The molecular weight excluding hydrogens is 192 g/mol. The molecule has 0 amide bonds. The average molecular weight is 201 g/mol. The topological polar surface area (TPSA) is 0 Å². The van der Waals surface area contributed by atoms with Crippen LogP contribution in [0.2, 0.25) is 0 Å². The first-order chi connectivity index (χ1) is 3.93. The van der Waals surface area contributed by atoms with Crippen LogP contribution >= 0.6 is 0 Å². The van der Waals surface area contributed by atoms with E-state index in [1.54, 1.807) is 0 Å². The molecule has 1 rings (SSSR count). The van der Waals surface area contributed by atoms with Crippen molar-refractivity contribution in [1.29, 1.82) is 0 Å². The van der Waals surface area contributed by atoms with Gasteiger partial charge in [-0.15, -0.1) is 0 Å². The van der Waals surface area contributed by atoms with E-state index in [2.05, 4.69) is 19.1 Å². The van der Waals surface area contributed by atoms with Gasteiger partial charge < -0.3 is 6.92 Å². The van der Waals surface area contributed by atoms with Crippen LogP contribution in [-0.2, 0) is 27.5 Å². The minimum atomic E-state index is 0. The third kappa shape index (κ3) is 2.81. The van der Waals surface area contributed by atoms with Crippen LogP contribution < -0.4 is 0 Å². The fourth-order valence-corrected chi connectivity index (χ4v) is 0.645. The third-order valence-electron chi connectivity index (χ3n) is 1.13. The Hall–Kier alpha value is -0.0917. The van der Waals surface area contributed by atoms with Crippen LogP contribution in [0.1, 0.15) is 5.56 Å². The summed E-state index contributed by atoms with van der Waals surface area (Å²) in [5, 5.41) is 0. The Bertz CT molecular complexity index is 146. The molecule has 0 aliphatic rings. The molecular formula is C8H9Mo-. The standard InChI is InChI=1S/C8H9.Mo/c1-2-8-6-4-3-5-7-8;/h3-7H,1-2H2;/q-1;. The quantitative estimate of drug-likeness (QED) is 0.482. The Morgan fingerprint density at radius 2 is 1.67 bits per heavy atom. The summed E-state index contributed by atoms with van der Waals surface area (Å²) >= 11 is 0. The first-order valence-electron chi connectivity index (χ1n) is 2.76. The second-order valence-electron chi connectivity index (χ2n) is 1.74. The van der Waals surface area contributed by atoms with Crippen LogP contribution in [-0.4, -0.2) is 0 Å². The smallest absolute Gasteiger partial charge is 0 e. The van der Waals surface area contributed by atoms with E-state index < -0.39 is 0 Å². The maximum atomic E-state index is 3.76. The van der Waals surface area contributed by atoms with E-state index in [4.69, 9.17) is 0 Å². The number of hydrogen-bond donors (Lipinski definition) is 0. The molecule has 0 fully saturated rings. The van der Waals surface area contributed by atoms with Gasteiger partial charge in [-0.05, 0) is 0 Å². The first kappa shape index (κ1) is 8.91. The van der Waals surface area contributed by atoms with Gasteiger partial charge in [0.05, 0.1) is 0 Å². The van der Waals surface area contributed by atoms with Crippen LogP contribution in [0.25, 0.3) is 0 Å². The van der Waals surface area contributed by atoms with Gasteiger partial charge in [-0.2, -0.15) is 6.42 Å². The van der Waals surface area contributed by atoms with Crippen LogP contribution in [0.5, 0.6) is 0 Å². The minimum absolute atomic E-state index is 0. The number of hydrogen-bond acceptors (Lipinski definition) is 0. The Morgan fingerprint density at radius 1 is 1.11 bits per heavy atom. The van der Waals surface area contributed by atoms with Crippen molar-refractivity contribution in [2.24, 2.45) is 0 Å². The van der Waals surface area contributed by atoms with Crippen molar-refractivity contribution in [3.05, 3.63) is 42.8 Å². The number of benzene rings is 1. The molecule has 0 bridgehead atoms. The summed E-state index contributed by atoms with van der Waals surface area (Å²) in [4.78, 5) is 0. The second-order valence-corrected chi connectivity index (χ2v) is 1.74. The van der Waals surface area contributed by atoms with Crippen molar-refractivity contribution in [1.82, 2.24) is 0 Å². The van der Waals surface area contributed by atoms with E-state index in [0.29, 0.717) is 0 Å². The molecule has 9 heavy (non-hydrogen) atoms. The van der Waals surface area contributed by atoms with Gasteiger partial charge in [0.15, 0.2) is 0 Å². The van der Waals surface area contributed by atoms with Gasteiger partial charge in [-0.1, -0.05) is 35.9 Å². The summed E-state index contributed by atoms with van der Waals surface area (Å²) in [6, 6.07) is 10.2. The zero-order valence-corrected chi connectivity index (χ0v) is 7.22. The molecule has 1 heteroatoms. The van der Waals surface area contributed by atoms with E-state index >= 15 is 0 Å². The van der Waals surface area contributed by atoms with E-state index in [1.165, 1.54) is 5.56 Å². The van der Waals surface area contributed by atoms with Crippen molar-refractivity contribution in [2.45, 2.75) is 6.42 Å². The van der Waals surface area contributed by atoms with Crippen LogP contribution in [0.3, 0.4) is 0 Å². The molecule has 0 radical (unpaired) electrons. The third-order valence-corrected chi connectivity index (χ3v) is 1.13. The van der Waals surface area contributed by atoms with E-state index in [0.717, 1.165) is 6.42 Å². The molecule has 0 nitrogen and oxygen atoms in total. The molecule has 0 aromatic heterocycles. The Labute approximate surface area is 70.5 Å². The molecule has 0 aliphatic heterocycles. The van der Waals surface area contributed by atoms with E-state index in [1.807, 2.05) is 18.2 Å². The minimum Gasteiger partial charge on any atom is -0.339 e. The van der Waals surface area contributed by atoms with Crippen molar-refractivity contribution < 1.29 is 21.1 Å². The maximum absolute atomic E-state index is 3.76. The van der Waals surface area contributed by atoms with E-state index in [9.17, 15) is 0 Å². The molecule has 48 valence electrons. The molecule has 1 aromatic carbocycles. The molecule has 0 aliphatic carbocycles. The van der Waals surface area contributed by atoms with Gasteiger partial charge in [0.1, 0.15) is 0 Å². The largest absolute Gasteiger partial charge is 0.339 e. The summed E-state index contributed by atoms with van der Waals surface area (Å²) < 4.78 is 0. The fraction of sp³-hybridized carbons (Fsp3) is 0.125. The molecule has 0 atom stereocenters. The van der Waals surface area contributed by atoms with Crippen LogP contribution in [0, 0.1) is 6.92 Å². The predicted molar refractivity (Wildman–Crippen MR) is 35.5 cm³/mol. The molecule has 0 N–H and O–H groups in total. The summed E-state index contributed by atoms with van der Waals surface area (Å²) in [5.41, 5.74) is 1.30. The van der Waals surface area contributed by atoms with Gasteiger partial charge in [0.25, 0.3) is 0 Å². The molecule has 0 unspecified atom stereocenters. The van der Waals surface area contributed by atoms with E-state index in [-0.39, 0.29) is 21.1 Å². The Kier molecular flexibility index (Phi) is 4.71. The van der Waals surface area contributed by atoms with Gasteiger partial charge in [0.2, 0.25) is 0 Å². The van der Waals surface area contributed by atoms with Gasteiger partial charge in [-0.25, -0.2) is 0 Å². The zero-order valence-electron chi connectivity index (χ0n) is 5.21. The van der Waals surface area contributed by atoms with Crippen LogP contribution in [0.15, 0.2) is 30.3 Å². The van der Waals surface area contributed by atoms with Gasteiger partial charge in [0, 0.05) is 21.1 Å². The summed E-state index contributed by atoms with van der Waals surface area (Å²) in [6.45, 7) is 3.76. The second kappa shape index (κ2) is 4.76. The van der Waals surface area contributed by atoms with Crippen LogP contribution in [0.4, 0.5) is 0 Å². The first-order valence-corrected chi connectivity index (χ1v) is 2.76. The molecule has 1 aromatic rings. The predicted octanol–water partition coefficient (Wildman–Crippen LogP) is 2.06. The Balaban J connectivity index is 0.000000640. The van der Waals surface area contributed by atoms with Crippen molar-refractivity contribution in [2.75, 3.05) is 0 Å². The number of rotatable bonds is 1. The van der Waals surface area contributed by atoms with Gasteiger partial charge in [-0.3, -0.25) is 0 Å². The molecule has 0 spiro atoms.